The number of anilines is 1. The molecule has 1 aromatic carbocycles. The summed E-state index contributed by atoms with van der Waals surface area (Å²) in [6.07, 6.45) is 7.15. The minimum Gasteiger partial charge on any atom is -0.362 e. The molecular weight excluding hydrogens is 410 g/mol. The molecule has 1 aliphatic rings. The van der Waals surface area contributed by atoms with E-state index in [0.717, 1.165) is 54.1 Å². The summed E-state index contributed by atoms with van der Waals surface area (Å²) in [6, 6.07) is 16.4. The zero-order chi connectivity index (χ0) is 23.2. The Morgan fingerprint density at radius 2 is 1.85 bits per heavy atom. The molecule has 3 heterocycles. The summed E-state index contributed by atoms with van der Waals surface area (Å²) < 4.78 is 0. The maximum Gasteiger partial charge on any atom is 0.240 e. The van der Waals surface area contributed by atoms with Crippen LogP contribution in [0.1, 0.15) is 24.5 Å². The molecule has 0 unspecified atom stereocenters. The number of rotatable bonds is 8. The molecule has 4 rings (SSSR count). The Hall–Kier alpha value is -3.25. The second-order valence-electron chi connectivity index (χ2n) is 8.84. The molecule has 1 amide bonds. The SMILES string of the molecule is CCCN1CCN(Cc2cccnc2N(C)C)[C@H](Cc2cccc(-c3cccnc3)c2)C1=O. The second-order valence-corrected chi connectivity index (χ2v) is 8.84. The maximum absolute atomic E-state index is 13.5. The molecule has 172 valence electrons. The molecule has 3 aromatic rings. The van der Waals surface area contributed by atoms with Crippen LogP contribution in [0.15, 0.2) is 67.1 Å². The van der Waals surface area contributed by atoms with Crippen molar-refractivity contribution in [1.29, 1.82) is 0 Å². The van der Waals surface area contributed by atoms with Crippen LogP contribution in [0.4, 0.5) is 5.82 Å². The average molecular weight is 444 g/mol. The van der Waals surface area contributed by atoms with Crippen molar-refractivity contribution < 1.29 is 4.79 Å². The van der Waals surface area contributed by atoms with Gasteiger partial charge in [0.05, 0.1) is 6.04 Å². The van der Waals surface area contributed by atoms with Crippen molar-refractivity contribution in [2.24, 2.45) is 0 Å². The fraction of sp³-hybridized carbons (Fsp3) is 0.370. The van der Waals surface area contributed by atoms with Gasteiger partial charge in [0, 0.05) is 64.4 Å². The van der Waals surface area contributed by atoms with Gasteiger partial charge in [-0.15, -0.1) is 0 Å². The summed E-state index contributed by atoms with van der Waals surface area (Å²) in [6.45, 7) is 5.29. The molecule has 0 radical (unpaired) electrons. The van der Waals surface area contributed by atoms with E-state index >= 15 is 0 Å². The van der Waals surface area contributed by atoms with Gasteiger partial charge in [-0.3, -0.25) is 14.7 Å². The van der Waals surface area contributed by atoms with E-state index in [4.69, 9.17) is 0 Å². The molecule has 1 aliphatic heterocycles. The smallest absolute Gasteiger partial charge is 0.240 e. The van der Waals surface area contributed by atoms with E-state index in [1.807, 2.05) is 48.4 Å². The third kappa shape index (κ3) is 5.40. The number of aromatic nitrogens is 2. The summed E-state index contributed by atoms with van der Waals surface area (Å²) in [4.78, 5) is 28.8. The fourth-order valence-corrected chi connectivity index (χ4v) is 4.59. The van der Waals surface area contributed by atoms with Crippen LogP contribution in [0.2, 0.25) is 0 Å². The van der Waals surface area contributed by atoms with E-state index in [1.165, 1.54) is 0 Å². The monoisotopic (exact) mass is 443 g/mol. The number of nitrogens with zero attached hydrogens (tertiary/aromatic N) is 5. The molecule has 6 nitrogen and oxygen atoms in total. The van der Waals surface area contributed by atoms with Crippen molar-refractivity contribution in [3.8, 4) is 11.1 Å². The molecule has 1 atom stereocenters. The number of amides is 1. The van der Waals surface area contributed by atoms with Gasteiger partial charge >= 0.3 is 0 Å². The Balaban J connectivity index is 1.61. The van der Waals surface area contributed by atoms with Gasteiger partial charge in [0.2, 0.25) is 5.91 Å². The zero-order valence-corrected chi connectivity index (χ0v) is 19.8. The minimum atomic E-state index is -0.190. The Labute approximate surface area is 196 Å². The summed E-state index contributed by atoms with van der Waals surface area (Å²) in [7, 11) is 4.02. The first kappa shape index (κ1) is 22.9. The molecule has 6 heteroatoms. The number of hydrogen-bond donors (Lipinski definition) is 0. The van der Waals surface area contributed by atoms with E-state index in [-0.39, 0.29) is 11.9 Å². The van der Waals surface area contributed by atoms with Crippen LogP contribution in [-0.2, 0) is 17.8 Å². The zero-order valence-electron chi connectivity index (χ0n) is 19.8. The van der Waals surface area contributed by atoms with E-state index in [9.17, 15) is 4.79 Å². The normalized spacial score (nSPS) is 16.8. The topological polar surface area (TPSA) is 52.6 Å². The molecule has 1 fully saturated rings. The molecule has 0 spiro atoms. The molecule has 0 bridgehead atoms. The largest absolute Gasteiger partial charge is 0.362 e. The lowest BCUT2D eigenvalue weighted by Gasteiger charge is -2.41. The maximum atomic E-state index is 13.5. The number of carbonyl (C=O) groups excluding carboxylic acids is 1. The molecular formula is C27H33N5O. The van der Waals surface area contributed by atoms with Crippen LogP contribution < -0.4 is 4.90 Å². The third-order valence-electron chi connectivity index (χ3n) is 6.20. The first-order valence-electron chi connectivity index (χ1n) is 11.7. The lowest BCUT2D eigenvalue weighted by molar-refractivity contribution is -0.142. The summed E-state index contributed by atoms with van der Waals surface area (Å²) in [5.41, 5.74) is 4.53. The number of benzene rings is 1. The second kappa shape index (κ2) is 10.6. The van der Waals surface area contributed by atoms with Crippen molar-refractivity contribution in [2.45, 2.75) is 32.4 Å². The van der Waals surface area contributed by atoms with Gasteiger partial charge in [0.1, 0.15) is 5.82 Å². The summed E-state index contributed by atoms with van der Waals surface area (Å²) in [5.74, 6) is 1.18. The Kier molecular flexibility index (Phi) is 7.35. The highest BCUT2D eigenvalue weighted by atomic mass is 16.2. The van der Waals surface area contributed by atoms with Crippen LogP contribution in [0, 0.1) is 0 Å². The number of carbonyl (C=O) groups is 1. The van der Waals surface area contributed by atoms with Gasteiger partial charge < -0.3 is 9.80 Å². The van der Waals surface area contributed by atoms with Crippen molar-refractivity contribution in [2.75, 3.05) is 38.6 Å². The van der Waals surface area contributed by atoms with E-state index in [2.05, 4.69) is 58.2 Å². The van der Waals surface area contributed by atoms with Gasteiger partial charge in [-0.25, -0.2) is 4.98 Å². The minimum absolute atomic E-state index is 0.190. The molecule has 0 aliphatic carbocycles. The number of hydrogen-bond acceptors (Lipinski definition) is 5. The van der Waals surface area contributed by atoms with Crippen LogP contribution in [0.3, 0.4) is 0 Å². The van der Waals surface area contributed by atoms with Crippen LogP contribution in [0.5, 0.6) is 0 Å². The van der Waals surface area contributed by atoms with Gasteiger partial charge in [-0.05, 0) is 41.7 Å². The lowest BCUT2D eigenvalue weighted by Crippen LogP contribution is -2.57. The molecule has 0 saturated carbocycles. The summed E-state index contributed by atoms with van der Waals surface area (Å²) in [5, 5.41) is 0. The number of pyridine rings is 2. The van der Waals surface area contributed by atoms with Crippen LogP contribution in [-0.4, -0.2) is 65.4 Å². The fourth-order valence-electron chi connectivity index (χ4n) is 4.59. The molecule has 33 heavy (non-hydrogen) atoms. The van der Waals surface area contributed by atoms with E-state index in [0.29, 0.717) is 13.0 Å². The Morgan fingerprint density at radius 1 is 1.03 bits per heavy atom. The molecule has 0 N–H and O–H groups in total. The van der Waals surface area contributed by atoms with Crippen molar-refractivity contribution in [3.05, 3.63) is 78.2 Å². The lowest BCUT2D eigenvalue weighted by atomic mass is 9.97. The van der Waals surface area contributed by atoms with E-state index < -0.39 is 0 Å². The highest BCUT2D eigenvalue weighted by Crippen LogP contribution is 2.25. The van der Waals surface area contributed by atoms with Crippen LogP contribution in [0.25, 0.3) is 11.1 Å². The predicted octanol–water partition coefficient (Wildman–Crippen LogP) is 3.88. The highest BCUT2D eigenvalue weighted by molar-refractivity contribution is 5.83. The van der Waals surface area contributed by atoms with Crippen molar-refractivity contribution >= 4 is 11.7 Å². The van der Waals surface area contributed by atoms with Crippen LogP contribution >= 0.6 is 0 Å². The predicted molar refractivity (Wildman–Crippen MR) is 133 cm³/mol. The quantitative estimate of drug-likeness (QED) is 0.529. The third-order valence-corrected chi connectivity index (χ3v) is 6.20. The van der Waals surface area contributed by atoms with Gasteiger partial charge in [-0.1, -0.05) is 43.3 Å². The average Bonchev–Trinajstić information content (AvgIpc) is 2.84. The molecule has 1 saturated heterocycles. The Bertz CT molecular complexity index is 1070. The first-order chi connectivity index (χ1) is 16.1. The van der Waals surface area contributed by atoms with E-state index in [1.54, 1.807) is 6.20 Å². The summed E-state index contributed by atoms with van der Waals surface area (Å²) >= 11 is 0. The van der Waals surface area contributed by atoms with Gasteiger partial charge in [-0.2, -0.15) is 0 Å². The Morgan fingerprint density at radius 3 is 2.61 bits per heavy atom. The van der Waals surface area contributed by atoms with Crippen molar-refractivity contribution in [1.82, 2.24) is 19.8 Å². The standard InChI is InChI=1S/C27H33N5O/c1-4-14-31-15-16-32(20-24-11-7-13-29-26(24)30(2)3)25(27(31)33)18-21-8-5-9-22(17-21)23-10-6-12-28-19-23/h5-13,17,19,25H,4,14-16,18,20H2,1-3H3/t25-/m1/s1. The first-order valence-corrected chi connectivity index (χ1v) is 11.7. The van der Waals surface area contributed by atoms with Gasteiger partial charge in [0.15, 0.2) is 0 Å². The molecule has 2 aromatic heterocycles. The van der Waals surface area contributed by atoms with Gasteiger partial charge in [0.25, 0.3) is 0 Å². The van der Waals surface area contributed by atoms with Crippen molar-refractivity contribution in [3.63, 3.8) is 0 Å². The highest BCUT2D eigenvalue weighted by Gasteiger charge is 2.34. The number of piperazine rings is 1.